The first kappa shape index (κ1) is 49.2. The van der Waals surface area contributed by atoms with Crippen LogP contribution < -0.4 is 69.3 Å². The summed E-state index contributed by atoms with van der Waals surface area (Å²) in [6.07, 6.45) is 19.8. The van der Waals surface area contributed by atoms with Crippen molar-refractivity contribution in [2.45, 2.75) is 166 Å². The van der Waals surface area contributed by atoms with Crippen LogP contribution in [0.25, 0.3) is 0 Å². The first-order chi connectivity index (χ1) is 20.0. The molecule has 0 aromatic carbocycles. The number of carbonyl (C=O) groups is 2. The molecule has 14 heteroatoms. The summed E-state index contributed by atoms with van der Waals surface area (Å²) in [4.78, 5) is 23.3. The van der Waals surface area contributed by atoms with Gasteiger partial charge in [0.15, 0.2) is 0 Å². The van der Waals surface area contributed by atoms with Gasteiger partial charge in [-0.15, -0.1) is 0 Å². The Bertz CT molecular complexity index is 870. The third-order valence-electron chi connectivity index (χ3n) is 7.47. The number of carboxylic acids is 2. The van der Waals surface area contributed by atoms with Crippen molar-refractivity contribution in [3.8, 4) is 0 Å². The van der Waals surface area contributed by atoms with Gasteiger partial charge < -0.3 is 19.8 Å². The Morgan fingerprint density at radius 2 is 0.750 bits per heavy atom. The second-order valence-corrected chi connectivity index (χ2v) is 15.2. The normalized spacial score (nSPS) is 12.0. The van der Waals surface area contributed by atoms with Crippen LogP contribution in [0.3, 0.4) is 0 Å². The third-order valence-corrected chi connectivity index (χ3v) is 11.9. The number of unbranched alkanes of at least 4 members (excludes halogenated alkanes) is 20. The molecule has 44 heavy (non-hydrogen) atoms. The van der Waals surface area contributed by atoms with Gasteiger partial charge in [-0.05, 0) is 12.8 Å². The first-order valence-corrected chi connectivity index (χ1v) is 19.0. The van der Waals surface area contributed by atoms with Gasteiger partial charge in [-0.1, -0.05) is 142 Å². The van der Waals surface area contributed by atoms with Gasteiger partial charge >= 0.3 is 59.1 Å². The fourth-order valence-corrected chi connectivity index (χ4v) is 8.17. The van der Waals surface area contributed by atoms with Gasteiger partial charge in [0.25, 0.3) is 24.3 Å². The molecule has 0 saturated carbocycles. The second-order valence-electron chi connectivity index (χ2n) is 11.2. The molecule has 10 nitrogen and oxygen atoms in total. The molecule has 0 aliphatic carbocycles. The largest absolute Gasteiger partial charge is 1.00 e. The summed E-state index contributed by atoms with van der Waals surface area (Å²) in [5, 5.41) is 23.3. The summed E-state index contributed by atoms with van der Waals surface area (Å²) in [6.45, 7) is 3.36. The van der Waals surface area contributed by atoms with Crippen LogP contribution in [-0.4, -0.2) is 46.1 Å². The zero-order valence-corrected chi connectivity index (χ0v) is 33.7. The molecule has 0 amide bonds. The molecule has 0 aromatic rings. The maximum absolute atomic E-state index is 12.9. The Morgan fingerprint density at radius 3 is 0.977 bits per heavy atom. The minimum absolute atomic E-state index is 0. The van der Waals surface area contributed by atoms with E-state index in [1.54, 1.807) is 0 Å². The van der Waals surface area contributed by atoms with Crippen LogP contribution >= 0.6 is 0 Å². The molecular weight excluding hydrogens is 630 g/mol. The van der Waals surface area contributed by atoms with Gasteiger partial charge in [0.1, 0.15) is 0 Å². The molecule has 0 atom stereocenters. The fraction of sp³-hybridized carbons (Fsp3) is 0.933. The number of carboxylic acid groups (broad SMARTS) is 2. The van der Waals surface area contributed by atoms with Gasteiger partial charge in [0.05, 0.1) is 19.2 Å². The summed E-state index contributed by atoms with van der Waals surface area (Å²) < 4.78 is 57.1. The molecule has 0 spiro atoms. The Hall–Kier alpha value is 0.760. The molecule has 0 aromatic heterocycles. The summed E-state index contributed by atoms with van der Waals surface area (Å²) in [7, 11) is -11.0. The molecule has 0 bridgehead atoms. The molecule has 0 aliphatic heterocycles. The molecule has 0 aliphatic rings. The Morgan fingerprint density at radius 1 is 0.500 bits per heavy atom. The quantitative estimate of drug-likeness (QED) is 0.0496. The average molecular weight is 687 g/mol. The van der Waals surface area contributed by atoms with E-state index < -0.39 is 55.9 Å². The minimum atomic E-state index is -5.51. The summed E-state index contributed by atoms with van der Waals surface area (Å²) in [5.74, 6) is -4.85. The zero-order chi connectivity index (χ0) is 31.7. The van der Waals surface area contributed by atoms with E-state index >= 15 is 0 Å². The zero-order valence-electron chi connectivity index (χ0n) is 28.1. The SMILES string of the molecule is CCCCCCCCCCCCCOS(=O)(=O)C(CC(=O)[O-])(C(=O)[O-])S(=O)(=O)OCCCCCCCCCCCCC.[Na+].[Na+]. The topological polar surface area (TPSA) is 167 Å². The van der Waals surface area contributed by atoms with Crippen molar-refractivity contribution in [1.82, 2.24) is 0 Å². The molecule has 0 radical (unpaired) electrons. The van der Waals surface area contributed by atoms with Crippen LogP contribution in [0.4, 0.5) is 0 Å². The average Bonchev–Trinajstić information content (AvgIpc) is 2.92. The Kier molecular flexibility index (Phi) is 33.4. The minimum Gasteiger partial charge on any atom is -0.550 e. The predicted molar refractivity (Wildman–Crippen MR) is 160 cm³/mol. The number of hydrogen-bond acceptors (Lipinski definition) is 10. The molecular formula is C30H56Na2O10S2. The van der Waals surface area contributed by atoms with E-state index in [1.807, 2.05) is 0 Å². The van der Waals surface area contributed by atoms with Crippen LogP contribution in [0.2, 0.25) is 0 Å². The number of aliphatic carboxylic acids is 2. The van der Waals surface area contributed by atoms with Gasteiger partial charge in [0, 0.05) is 12.4 Å². The molecule has 0 saturated heterocycles. The van der Waals surface area contributed by atoms with Crippen molar-refractivity contribution in [3.05, 3.63) is 0 Å². The van der Waals surface area contributed by atoms with E-state index in [4.69, 9.17) is 8.37 Å². The van der Waals surface area contributed by atoms with Crippen molar-refractivity contribution in [2.24, 2.45) is 0 Å². The Labute approximate surface area is 312 Å². The van der Waals surface area contributed by atoms with Gasteiger partial charge in [-0.3, -0.25) is 8.37 Å². The van der Waals surface area contributed by atoms with Crippen molar-refractivity contribution in [2.75, 3.05) is 13.2 Å². The first-order valence-electron chi connectivity index (χ1n) is 16.2. The molecule has 0 heterocycles. The summed E-state index contributed by atoms with van der Waals surface area (Å²) >= 11 is 0. The van der Waals surface area contributed by atoms with E-state index in [2.05, 4.69) is 13.8 Å². The molecule has 250 valence electrons. The van der Waals surface area contributed by atoms with Gasteiger partial charge in [-0.25, -0.2) is 0 Å². The smallest absolute Gasteiger partial charge is 0.550 e. The standard InChI is InChI=1S/C30H58O10S2.2Na/c1-3-5-7-9-11-13-15-17-19-21-23-25-39-41(35,36)30(29(33)34,27-28(31)32)42(37,38)40-26-24-22-20-18-16-14-12-10-8-6-4-2;;/h3-27H2,1-2H3,(H,31,32)(H,33,34);;/q;2*+1/p-2. The fourth-order valence-electron chi connectivity index (χ4n) is 4.83. The van der Waals surface area contributed by atoms with Crippen molar-refractivity contribution < 1.29 is 104 Å². The van der Waals surface area contributed by atoms with Crippen LogP contribution in [0.1, 0.15) is 162 Å². The maximum Gasteiger partial charge on any atom is 1.00 e. The number of carbonyl (C=O) groups excluding carboxylic acids is 2. The summed E-state index contributed by atoms with van der Waals surface area (Å²) in [5.41, 5.74) is 0. The number of hydrogen-bond donors (Lipinski definition) is 0. The van der Waals surface area contributed by atoms with E-state index in [0.717, 1.165) is 51.4 Å². The van der Waals surface area contributed by atoms with Crippen LogP contribution in [0, 0.1) is 0 Å². The van der Waals surface area contributed by atoms with Crippen LogP contribution in [0.5, 0.6) is 0 Å². The molecule has 0 unspecified atom stereocenters. The summed E-state index contributed by atoms with van der Waals surface area (Å²) in [6, 6.07) is 0. The van der Waals surface area contributed by atoms with Crippen molar-refractivity contribution >= 4 is 32.2 Å². The Balaban J connectivity index is -0.00000840. The van der Waals surface area contributed by atoms with E-state index in [1.165, 1.54) is 64.2 Å². The predicted octanol–water partition coefficient (Wildman–Crippen LogP) is -1.10. The monoisotopic (exact) mass is 686 g/mol. The van der Waals surface area contributed by atoms with Gasteiger partial charge in [-0.2, -0.15) is 16.8 Å². The molecule has 0 N–H and O–H groups in total. The van der Waals surface area contributed by atoms with E-state index in [0.29, 0.717) is 12.8 Å². The van der Waals surface area contributed by atoms with Crippen molar-refractivity contribution in [1.29, 1.82) is 0 Å². The van der Waals surface area contributed by atoms with Crippen LogP contribution in [0.15, 0.2) is 0 Å². The van der Waals surface area contributed by atoms with E-state index in [9.17, 15) is 36.6 Å². The second kappa shape index (κ2) is 29.9. The van der Waals surface area contributed by atoms with Crippen molar-refractivity contribution in [3.63, 3.8) is 0 Å². The maximum atomic E-state index is 12.9. The van der Waals surface area contributed by atoms with Gasteiger partial charge in [0.2, 0.25) is 0 Å². The third kappa shape index (κ3) is 20.9. The molecule has 0 rings (SSSR count). The van der Waals surface area contributed by atoms with Crippen LogP contribution in [-0.2, 0) is 38.2 Å². The number of rotatable bonds is 31. The van der Waals surface area contributed by atoms with E-state index in [-0.39, 0.29) is 72.0 Å². The molecule has 0 fully saturated rings.